The van der Waals surface area contributed by atoms with Crippen molar-refractivity contribution in [1.82, 2.24) is 9.55 Å². The number of aromatic nitrogens is 2. The summed E-state index contributed by atoms with van der Waals surface area (Å²) >= 11 is 0. The number of aryl methyl sites for hydroxylation is 1. The molecule has 9 heteroatoms. The number of pyridine rings is 1. The summed E-state index contributed by atoms with van der Waals surface area (Å²) in [6.07, 6.45) is 3.61. The van der Waals surface area contributed by atoms with Crippen molar-refractivity contribution >= 4 is 36.2 Å². The van der Waals surface area contributed by atoms with E-state index in [0.717, 1.165) is 28.7 Å². The summed E-state index contributed by atoms with van der Waals surface area (Å²) in [7, 11) is -1.15. The molecule has 0 radical (unpaired) electrons. The standard InChI is InChI=1S/C20H25FN4O3Si/c1-14-12-24(13-28-9-10-29(2,3)4)20-19(14)18(7-8-22-20)23-17-6-5-15(25(26)27)11-16(17)21/h5-8,11-12H,9-10,13H2,1-4H3,(H,22,23). The van der Waals surface area contributed by atoms with E-state index >= 15 is 0 Å². The summed E-state index contributed by atoms with van der Waals surface area (Å²) < 4.78 is 22.1. The molecule has 0 aliphatic rings. The molecule has 1 N–H and O–H groups in total. The molecule has 0 saturated carbocycles. The van der Waals surface area contributed by atoms with Crippen LogP contribution in [0.25, 0.3) is 11.0 Å². The third-order valence-electron chi connectivity index (χ3n) is 4.61. The zero-order chi connectivity index (χ0) is 21.2. The first kappa shape index (κ1) is 20.9. The van der Waals surface area contributed by atoms with Crippen LogP contribution < -0.4 is 5.32 Å². The van der Waals surface area contributed by atoms with Gasteiger partial charge in [-0.25, -0.2) is 9.37 Å². The Labute approximate surface area is 169 Å². The highest BCUT2D eigenvalue weighted by Gasteiger charge is 2.16. The number of hydrogen-bond acceptors (Lipinski definition) is 5. The van der Waals surface area contributed by atoms with E-state index in [-0.39, 0.29) is 11.4 Å². The van der Waals surface area contributed by atoms with E-state index in [1.54, 1.807) is 12.3 Å². The Morgan fingerprint density at radius 3 is 2.69 bits per heavy atom. The Morgan fingerprint density at radius 2 is 2.03 bits per heavy atom. The average molecular weight is 417 g/mol. The van der Waals surface area contributed by atoms with E-state index in [1.165, 1.54) is 12.1 Å². The summed E-state index contributed by atoms with van der Waals surface area (Å²) in [5, 5.41) is 14.7. The molecule has 7 nitrogen and oxygen atoms in total. The van der Waals surface area contributed by atoms with Crippen molar-refractivity contribution in [2.24, 2.45) is 0 Å². The number of anilines is 2. The number of nitro benzene ring substituents is 1. The van der Waals surface area contributed by atoms with Crippen LogP contribution in [0.2, 0.25) is 25.7 Å². The van der Waals surface area contributed by atoms with E-state index in [4.69, 9.17) is 4.74 Å². The lowest BCUT2D eigenvalue weighted by Gasteiger charge is -2.15. The summed E-state index contributed by atoms with van der Waals surface area (Å²) in [4.78, 5) is 14.6. The molecular formula is C20H25FN4O3Si. The topological polar surface area (TPSA) is 82.2 Å². The van der Waals surface area contributed by atoms with Gasteiger partial charge in [0.05, 0.1) is 22.4 Å². The van der Waals surface area contributed by atoms with Crippen molar-refractivity contribution < 1.29 is 14.1 Å². The van der Waals surface area contributed by atoms with Gasteiger partial charge in [-0.1, -0.05) is 19.6 Å². The lowest BCUT2D eigenvalue weighted by Crippen LogP contribution is -2.22. The van der Waals surface area contributed by atoms with Crippen LogP contribution in [0.15, 0.2) is 36.7 Å². The molecular weight excluding hydrogens is 391 g/mol. The third kappa shape index (κ3) is 4.99. The van der Waals surface area contributed by atoms with Crippen LogP contribution in [-0.2, 0) is 11.5 Å². The quantitative estimate of drug-likeness (QED) is 0.229. The minimum absolute atomic E-state index is 0.168. The van der Waals surface area contributed by atoms with Crippen LogP contribution >= 0.6 is 0 Å². The lowest BCUT2D eigenvalue weighted by molar-refractivity contribution is -0.385. The van der Waals surface area contributed by atoms with Crippen LogP contribution in [0.4, 0.5) is 21.5 Å². The number of nitrogens with one attached hydrogen (secondary N) is 1. The molecule has 2 heterocycles. The zero-order valence-corrected chi connectivity index (χ0v) is 18.0. The van der Waals surface area contributed by atoms with Crippen molar-refractivity contribution in [3.8, 4) is 0 Å². The number of nitrogens with zero attached hydrogens (tertiary/aromatic N) is 3. The summed E-state index contributed by atoms with van der Waals surface area (Å²) in [5.41, 5.74) is 2.28. The Bertz CT molecular complexity index is 1050. The molecule has 3 aromatic rings. The fraction of sp³-hybridized carbons (Fsp3) is 0.350. The minimum Gasteiger partial charge on any atom is -0.361 e. The largest absolute Gasteiger partial charge is 0.361 e. The molecule has 0 saturated heterocycles. The van der Waals surface area contributed by atoms with E-state index in [1.807, 2.05) is 17.7 Å². The maximum absolute atomic E-state index is 14.3. The Kier molecular flexibility index (Phi) is 5.99. The summed E-state index contributed by atoms with van der Waals surface area (Å²) in [5.74, 6) is -0.684. The number of hydrogen-bond donors (Lipinski definition) is 1. The van der Waals surface area contributed by atoms with Crippen LogP contribution in [0.5, 0.6) is 0 Å². The first-order valence-electron chi connectivity index (χ1n) is 9.39. The molecule has 0 fully saturated rings. The zero-order valence-electron chi connectivity index (χ0n) is 17.0. The van der Waals surface area contributed by atoms with Gasteiger partial charge in [0.25, 0.3) is 5.69 Å². The first-order valence-corrected chi connectivity index (χ1v) is 13.1. The summed E-state index contributed by atoms with van der Waals surface area (Å²) in [6, 6.07) is 6.39. The second-order valence-corrected chi connectivity index (χ2v) is 13.9. The Balaban J connectivity index is 1.83. The molecule has 0 bridgehead atoms. The number of non-ortho nitro benzene ring substituents is 1. The van der Waals surface area contributed by atoms with Crippen LogP contribution in [0, 0.1) is 22.9 Å². The number of ether oxygens (including phenoxy) is 1. The number of benzene rings is 1. The van der Waals surface area contributed by atoms with Crippen LogP contribution in [0.1, 0.15) is 5.56 Å². The monoisotopic (exact) mass is 416 g/mol. The van der Waals surface area contributed by atoms with Gasteiger partial charge in [-0.15, -0.1) is 0 Å². The van der Waals surface area contributed by atoms with Gasteiger partial charge in [0.15, 0.2) is 5.82 Å². The molecule has 1 aromatic carbocycles. The smallest absolute Gasteiger partial charge is 0.272 e. The van der Waals surface area contributed by atoms with Crippen molar-refractivity contribution in [3.05, 3.63) is 58.2 Å². The highest BCUT2D eigenvalue weighted by Crippen LogP contribution is 2.31. The van der Waals surface area contributed by atoms with Crippen LogP contribution in [0.3, 0.4) is 0 Å². The van der Waals surface area contributed by atoms with Gasteiger partial charge >= 0.3 is 0 Å². The van der Waals surface area contributed by atoms with E-state index in [0.29, 0.717) is 19.0 Å². The molecule has 154 valence electrons. The second kappa shape index (κ2) is 8.30. The SMILES string of the molecule is Cc1cn(COCC[Si](C)(C)C)c2nccc(Nc3ccc([N+](=O)[O-])cc3F)c12. The van der Waals surface area contributed by atoms with Gasteiger partial charge in [0.1, 0.15) is 12.4 Å². The molecule has 0 spiro atoms. The molecule has 0 atom stereocenters. The van der Waals surface area contributed by atoms with Crippen LogP contribution in [-0.4, -0.2) is 29.2 Å². The van der Waals surface area contributed by atoms with Crippen molar-refractivity contribution in [2.75, 3.05) is 11.9 Å². The molecule has 0 amide bonds. The fourth-order valence-electron chi connectivity index (χ4n) is 3.02. The fourth-order valence-corrected chi connectivity index (χ4v) is 3.78. The van der Waals surface area contributed by atoms with Gasteiger partial charge in [0, 0.05) is 38.5 Å². The van der Waals surface area contributed by atoms with E-state index < -0.39 is 18.8 Å². The van der Waals surface area contributed by atoms with E-state index in [2.05, 4.69) is 29.9 Å². The maximum atomic E-state index is 14.3. The average Bonchev–Trinajstić information content (AvgIpc) is 2.96. The van der Waals surface area contributed by atoms with Gasteiger partial charge in [0.2, 0.25) is 0 Å². The minimum atomic E-state index is -1.15. The first-order chi connectivity index (χ1) is 13.7. The highest BCUT2D eigenvalue weighted by molar-refractivity contribution is 6.76. The molecule has 0 unspecified atom stereocenters. The second-order valence-electron chi connectivity index (χ2n) is 8.23. The maximum Gasteiger partial charge on any atom is 0.272 e. The predicted molar refractivity (Wildman–Crippen MR) is 115 cm³/mol. The number of halogens is 1. The lowest BCUT2D eigenvalue weighted by atomic mass is 10.2. The van der Waals surface area contributed by atoms with E-state index in [9.17, 15) is 14.5 Å². The molecule has 3 rings (SSSR count). The highest BCUT2D eigenvalue weighted by atomic mass is 28.3. The normalized spacial score (nSPS) is 11.8. The predicted octanol–water partition coefficient (Wildman–Crippen LogP) is 5.45. The van der Waals surface area contributed by atoms with Gasteiger partial charge < -0.3 is 14.6 Å². The summed E-state index contributed by atoms with van der Waals surface area (Å²) in [6.45, 7) is 9.99. The molecule has 0 aliphatic heterocycles. The molecule has 2 aromatic heterocycles. The van der Waals surface area contributed by atoms with Crippen molar-refractivity contribution in [1.29, 1.82) is 0 Å². The number of rotatable bonds is 8. The molecule has 0 aliphatic carbocycles. The Hall–Kier alpha value is -2.78. The molecule has 29 heavy (non-hydrogen) atoms. The van der Waals surface area contributed by atoms with Crippen molar-refractivity contribution in [2.45, 2.75) is 39.3 Å². The number of fused-ring (bicyclic) bond motifs is 1. The van der Waals surface area contributed by atoms with Crippen molar-refractivity contribution in [3.63, 3.8) is 0 Å². The van der Waals surface area contributed by atoms with Gasteiger partial charge in [-0.3, -0.25) is 10.1 Å². The number of nitro groups is 1. The van der Waals surface area contributed by atoms with Gasteiger partial charge in [-0.05, 0) is 30.7 Å². The van der Waals surface area contributed by atoms with Gasteiger partial charge in [-0.2, -0.15) is 0 Å². The third-order valence-corrected chi connectivity index (χ3v) is 6.31. The Morgan fingerprint density at radius 1 is 1.28 bits per heavy atom.